The average molecular weight is 181 g/mol. The summed E-state index contributed by atoms with van der Waals surface area (Å²) in [5.41, 5.74) is 0.830. The van der Waals surface area contributed by atoms with Crippen molar-refractivity contribution in [1.82, 2.24) is 15.0 Å². The third kappa shape index (κ3) is 1.46. The zero-order valence-corrected chi connectivity index (χ0v) is 8.01. The average Bonchev–Trinajstić information content (AvgIpc) is 2.45. The second-order valence-electron chi connectivity index (χ2n) is 4.01. The molecule has 0 unspecified atom stereocenters. The molecule has 4 nitrogen and oxygen atoms in total. The molecule has 1 atom stereocenters. The van der Waals surface area contributed by atoms with E-state index in [4.69, 9.17) is 0 Å². The number of hydrogen-bond donors (Lipinski definition) is 1. The van der Waals surface area contributed by atoms with Crippen LogP contribution in [0.15, 0.2) is 6.20 Å². The lowest BCUT2D eigenvalue weighted by Gasteiger charge is -2.33. The molecule has 1 aliphatic carbocycles. The van der Waals surface area contributed by atoms with E-state index in [1.165, 1.54) is 0 Å². The van der Waals surface area contributed by atoms with Crippen molar-refractivity contribution in [1.29, 1.82) is 0 Å². The van der Waals surface area contributed by atoms with E-state index in [0.717, 1.165) is 24.5 Å². The van der Waals surface area contributed by atoms with E-state index in [9.17, 15) is 5.11 Å². The van der Waals surface area contributed by atoms with Gasteiger partial charge in [-0.3, -0.25) is 0 Å². The SMILES string of the molecule is CC1CC(n2nncc2[C@H](C)O)C1. The predicted octanol–water partition coefficient (Wildman–Crippen LogP) is 1.30. The second-order valence-corrected chi connectivity index (χ2v) is 4.01. The van der Waals surface area contributed by atoms with Crippen molar-refractivity contribution in [3.63, 3.8) is 0 Å². The summed E-state index contributed by atoms with van der Waals surface area (Å²) in [6, 6.07) is 0.460. The fourth-order valence-electron chi connectivity index (χ4n) is 1.89. The largest absolute Gasteiger partial charge is 0.387 e. The minimum atomic E-state index is -0.467. The van der Waals surface area contributed by atoms with Gasteiger partial charge in [-0.1, -0.05) is 12.1 Å². The highest BCUT2D eigenvalue weighted by molar-refractivity contribution is 5.01. The van der Waals surface area contributed by atoms with Crippen molar-refractivity contribution in [2.24, 2.45) is 5.92 Å². The monoisotopic (exact) mass is 181 g/mol. The fourth-order valence-corrected chi connectivity index (χ4v) is 1.89. The molecule has 2 rings (SSSR count). The van der Waals surface area contributed by atoms with E-state index in [0.29, 0.717) is 6.04 Å². The first-order valence-electron chi connectivity index (χ1n) is 4.76. The van der Waals surface area contributed by atoms with Crippen molar-refractivity contribution < 1.29 is 5.11 Å². The summed E-state index contributed by atoms with van der Waals surface area (Å²) >= 11 is 0. The van der Waals surface area contributed by atoms with Crippen molar-refractivity contribution in [2.45, 2.75) is 38.8 Å². The molecule has 1 aromatic rings. The molecule has 0 spiro atoms. The maximum atomic E-state index is 9.43. The van der Waals surface area contributed by atoms with E-state index in [-0.39, 0.29) is 0 Å². The van der Waals surface area contributed by atoms with E-state index in [2.05, 4.69) is 17.2 Å². The molecule has 0 aliphatic heterocycles. The van der Waals surface area contributed by atoms with Crippen LogP contribution in [0.3, 0.4) is 0 Å². The summed E-state index contributed by atoms with van der Waals surface area (Å²) < 4.78 is 1.87. The molecular weight excluding hydrogens is 166 g/mol. The number of hydrogen-bond acceptors (Lipinski definition) is 3. The Labute approximate surface area is 77.6 Å². The van der Waals surface area contributed by atoms with Crippen LogP contribution in [-0.2, 0) is 0 Å². The molecule has 1 saturated carbocycles. The number of aliphatic hydroxyl groups is 1. The van der Waals surface area contributed by atoms with Gasteiger partial charge < -0.3 is 5.11 Å². The zero-order valence-electron chi connectivity index (χ0n) is 8.01. The third-order valence-corrected chi connectivity index (χ3v) is 2.73. The van der Waals surface area contributed by atoms with E-state index >= 15 is 0 Å². The summed E-state index contributed by atoms with van der Waals surface area (Å²) in [6.45, 7) is 3.98. The van der Waals surface area contributed by atoms with Crippen molar-refractivity contribution >= 4 is 0 Å². The summed E-state index contributed by atoms with van der Waals surface area (Å²) in [5.74, 6) is 0.788. The Bertz CT molecular complexity index is 289. The van der Waals surface area contributed by atoms with Crippen molar-refractivity contribution in [3.05, 3.63) is 11.9 Å². The lowest BCUT2D eigenvalue weighted by molar-refractivity contribution is 0.152. The van der Waals surface area contributed by atoms with Gasteiger partial charge in [-0.25, -0.2) is 4.68 Å². The molecule has 13 heavy (non-hydrogen) atoms. The van der Waals surface area contributed by atoms with Gasteiger partial charge >= 0.3 is 0 Å². The molecule has 0 bridgehead atoms. The standard InChI is InChI=1S/C9H15N3O/c1-6-3-8(4-6)12-9(7(2)13)5-10-11-12/h5-8,13H,3-4H2,1-2H3/t6?,7-,8?/m0/s1. The number of aliphatic hydroxyl groups excluding tert-OH is 1. The quantitative estimate of drug-likeness (QED) is 0.748. The molecule has 1 heterocycles. The Hall–Kier alpha value is -0.900. The molecule has 1 N–H and O–H groups in total. The van der Waals surface area contributed by atoms with Gasteiger partial charge in [-0.2, -0.15) is 0 Å². The second kappa shape index (κ2) is 3.10. The Morgan fingerprint density at radius 1 is 1.62 bits per heavy atom. The first-order chi connectivity index (χ1) is 6.18. The van der Waals surface area contributed by atoms with Gasteiger partial charge in [0.05, 0.1) is 24.0 Å². The first kappa shape index (κ1) is 8.69. The molecule has 0 aromatic carbocycles. The Balaban J connectivity index is 2.16. The van der Waals surface area contributed by atoms with Crippen molar-refractivity contribution in [2.75, 3.05) is 0 Å². The van der Waals surface area contributed by atoms with Crippen LogP contribution < -0.4 is 0 Å². The smallest absolute Gasteiger partial charge is 0.0945 e. The summed E-state index contributed by atoms with van der Waals surface area (Å²) in [7, 11) is 0. The maximum absolute atomic E-state index is 9.43. The lowest BCUT2D eigenvalue weighted by Crippen LogP contribution is -2.27. The molecule has 1 aromatic heterocycles. The van der Waals surface area contributed by atoms with Gasteiger partial charge in [0, 0.05) is 0 Å². The normalized spacial score (nSPS) is 29.8. The van der Waals surface area contributed by atoms with Crippen LogP contribution in [0.25, 0.3) is 0 Å². The summed E-state index contributed by atoms with van der Waals surface area (Å²) in [6.07, 6.45) is 3.49. The minimum Gasteiger partial charge on any atom is -0.387 e. The van der Waals surface area contributed by atoms with Gasteiger partial charge in [-0.05, 0) is 25.7 Å². The molecule has 1 aliphatic rings. The van der Waals surface area contributed by atoms with Crippen LogP contribution in [0.1, 0.15) is 44.5 Å². The highest BCUT2D eigenvalue weighted by Gasteiger charge is 2.29. The van der Waals surface area contributed by atoms with E-state index in [1.54, 1.807) is 13.1 Å². The lowest BCUT2D eigenvalue weighted by atomic mass is 9.82. The molecular formula is C9H15N3O. The van der Waals surface area contributed by atoms with Gasteiger partial charge in [0.25, 0.3) is 0 Å². The third-order valence-electron chi connectivity index (χ3n) is 2.73. The molecule has 1 fully saturated rings. The van der Waals surface area contributed by atoms with Crippen LogP contribution in [0.5, 0.6) is 0 Å². The van der Waals surface area contributed by atoms with E-state index < -0.39 is 6.10 Å². The van der Waals surface area contributed by atoms with Gasteiger partial charge in [-0.15, -0.1) is 5.10 Å². The number of aromatic nitrogens is 3. The van der Waals surface area contributed by atoms with E-state index in [1.807, 2.05) is 4.68 Å². The number of nitrogens with zero attached hydrogens (tertiary/aromatic N) is 3. The van der Waals surface area contributed by atoms with Gasteiger partial charge in [0.15, 0.2) is 0 Å². The topological polar surface area (TPSA) is 50.9 Å². The predicted molar refractivity (Wildman–Crippen MR) is 48.1 cm³/mol. The Morgan fingerprint density at radius 3 is 2.85 bits per heavy atom. The molecule has 0 saturated heterocycles. The Morgan fingerprint density at radius 2 is 2.31 bits per heavy atom. The molecule has 0 amide bonds. The zero-order chi connectivity index (χ0) is 9.42. The number of rotatable bonds is 2. The summed E-state index contributed by atoms with van der Waals surface area (Å²) in [4.78, 5) is 0. The van der Waals surface area contributed by atoms with Crippen LogP contribution in [0.2, 0.25) is 0 Å². The molecule has 4 heteroatoms. The van der Waals surface area contributed by atoms with Crippen LogP contribution in [-0.4, -0.2) is 20.1 Å². The van der Waals surface area contributed by atoms with Crippen LogP contribution in [0.4, 0.5) is 0 Å². The highest BCUT2D eigenvalue weighted by atomic mass is 16.3. The van der Waals surface area contributed by atoms with Crippen LogP contribution >= 0.6 is 0 Å². The minimum absolute atomic E-state index is 0.460. The highest BCUT2D eigenvalue weighted by Crippen LogP contribution is 2.37. The van der Waals surface area contributed by atoms with Crippen molar-refractivity contribution in [3.8, 4) is 0 Å². The maximum Gasteiger partial charge on any atom is 0.0945 e. The van der Waals surface area contributed by atoms with Crippen LogP contribution in [0, 0.1) is 5.92 Å². The summed E-state index contributed by atoms with van der Waals surface area (Å²) in [5, 5.41) is 17.3. The fraction of sp³-hybridized carbons (Fsp3) is 0.778. The Kier molecular flexibility index (Phi) is 2.07. The van der Waals surface area contributed by atoms with Gasteiger partial charge in [0.1, 0.15) is 0 Å². The first-order valence-corrected chi connectivity index (χ1v) is 4.76. The molecule has 0 radical (unpaired) electrons. The molecule has 72 valence electrons. The van der Waals surface area contributed by atoms with Gasteiger partial charge in [0.2, 0.25) is 0 Å².